The molecule has 0 saturated heterocycles. The molecular weight excluding hydrogens is 259 g/mol. The number of halogens is 4. The molecule has 0 bridgehead atoms. The monoisotopic (exact) mass is 267 g/mol. The van der Waals surface area contributed by atoms with Gasteiger partial charge in [0.1, 0.15) is 5.38 Å². The van der Waals surface area contributed by atoms with Crippen molar-refractivity contribution in [3.8, 4) is 5.75 Å². The number of amides is 1. The van der Waals surface area contributed by atoms with Crippen LogP contribution < -0.4 is 10.1 Å². The van der Waals surface area contributed by atoms with Crippen molar-refractivity contribution in [1.82, 2.24) is 0 Å². The number of alkyl halides is 3. The first-order chi connectivity index (χ1) is 7.90. The SMILES string of the molecule is CC(Cl)C(=O)Nc1ccc(OC(F)F)c(F)c1. The normalized spacial score (nSPS) is 12.4. The molecule has 1 amide bonds. The van der Waals surface area contributed by atoms with Crippen molar-refractivity contribution < 1.29 is 22.7 Å². The highest BCUT2D eigenvalue weighted by Crippen LogP contribution is 2.23. The molecule has 0 aliphatic heterocycles. The standard InChI is InChI=1S/C10H9ClF3NO2/c1-5(11)9(16)15-6-2-3-8(7(12)4-6)17-10(13)14/h2-5,10H,1H3,(H,15,16). The predicted molar refractivity (Wildman–Crippen MR) is 57.0 cm³/mol. The van der Waals surface area contributed by atoms with Gasteiger partial charge in [0.05, 0.1) is 0 Å². The fraction of sp³-hybridized carbons (Fsp3) is 0.300. The number of carbonyl (C=O) groups is 1. The summed E-state index contributed by atoms with van der Waals surface area (Å²) in [5.41, 5.74) is 0.113. The Morgan fingerprint density at radius 2 is 2.12 bits per heavy atom. The first kappa shape index (κ1) is 13.6. The summed E-state index contributed by atoms with van der Waals surface area (Å²) in [5.74, 6) is -2.10. The molecule has 0 fully saturated rings. The minimum Gasteiger partial charge on any atom is -0.432 e. The van der Waals surface area contributed by atoms with Crippen molar-refractivity contribution in [2.45, 2.75) is 18.9 Å². The van der Waals surface area contributed by atoms with Crippen LogP contribution in [0, 0.1) is 5.82 Å². The second-order valence-corrected chi connectivity index (χ2v) is 3.78. The zero-order valence-corrected chi connectivity index (χ0v) is 9.47. The molecule has 0 radical (unpaired) electrons. The zero-order valence-electron chi connectivity index (χ0n) is 8.72. The van der Waals surface area contributed by atoms with Crippen LogP contribution in [-0.4, -0.2) is 17.9 Å². The van der Waals surface area contributed by atoms with Crippen molar-refractivity contribution in [2.24, 2.45) is 0 Å². The van der Waals surface area contributed by atoms with Crippen molar-refractivity contribution in [3.63, 3.8) is 0 Å². The van der Waals surface area contributed by atoms with Crippen LogP contribution in [0.15, 0.2) is 18.2 Å². The predicted octanol–water partition coefficient (Wildman–Crippen LogP) is 2.99. The second kappa shape index (κ2) is 5.77. The summed E-state index contributed by atoms with van der Waals surface area (Å²) < 4.78 is 40.8. The molecule has 0 spiro atoms. The summed E-state index contributed by atoms with van der Waals surface area (Å²) in [5, 5.41) is 1.53. The van der Waals surface area contributed by atoms with E-state index in [9.17, 15) is 18.0 Å². The Labute approximate surface area is 101 Å². The molecule has 17 heavy (non-hydrogen) atoms. The molecule has 1 unspecified atom stereocenters. The highest BCUT2D eigenvalue weighted by molar-refractivity contribution is 6.32. The van der Waals surface area contributed by atoms with Gasteiger partial charge in [0.2, 0.25) is 5.91 Å². The van der Waals surface area contributed by atoms with E-state index in [4.69, 9.17) is 11.6 Å². The molecule has 7 heteroatoms. The van der Waals surface area contributed by atoms with E-state index < -0.39 is 29.5 Å². The maximum atomic E-state index is 13.2. The summed E-state index contributed by atoms with van der Waals surface area (Å²) >= 11 is 5.49. The van der Waals surface area contributed by atoms with E-state index in [1.165, 1.54) is 13.0 Å². The van der Waals surface area contributed by atoms with Crippen LogP contribution in [-0.2, 0) is 4.79 Å². The fourth-order valence-electron chi connectivity index (χ4n) is 1.01. The third-order valence-electron chi connectivity index (χ3n) is 1.78. The Morgan fingerprint density at radius 1 is 1.47 bits per heavy atom. The number of anilines is 1. The molecule has 3 nitrogen and oxygen atoms in total. The van der Waals surface area contributed by atoms with Gasteiger partial charge in [-0.3, -0.25) is 4.79 Å². The van der Waals surface area contributed by atoms with Gasteiger partial charge in [-0.15, -0.1) is 11.6 Å². The molecule has 0 aromatic heterocycles. The minimum absolute atomic E-state index is 0.113. The van der Waals surface area contributed by atoms with Crippen molar-refractivity contribution in [1.29, 1.82) is 0 Å². The number of rotatable bonds is 4. The molecule has 1 rings (SSSR count). The molecule has 0 aliphatic rings. The summed E-state index contributed by atoms with van der Waals surface area (Å²) in [7, 11) is 0. The molecule has 94 valence electrons. The Hall–Kier alpha value is -1.43. The van der Waals surface area contributed by atoms with Gasteiger partial charge in [0.25, 0.3) is 0 Å². The van der Waals surface area contributed by atoms with Crippen molar-refractivity contribution in [2.75, 3.05) is 5.32 Å². The summed E-state index contributed by atoms with van der Waals surface area (Å²) in [6.07, 6.45) is 0. The summed E-state index contributed by atoms with van der Waals surface area (Å²) in [6, 6.07) is 3.10. The minimum atomic E-state index is -3.10. The Bertz CT molecular complexity index is 413. The van der Waals surface area contributed by atoms with Gasteiger partial charge < -0.3 is 10.1 Å². The summed E-state index contributed by atoms with van der Waals surface area (Å²) in [4.78, 5) is 11.2. The van der Waals surface area contributed by atoms with Gasteiger partial charge in [0.15, 0.2) is 11.6 Å². The van der Waals surface area contributed by atoms with Gasteiger partial charge in [-0.25, -0.2) is 4.39 Å². The van der Waals surface area contributed by atoms with Crippen molar-refractivity contribution >= 4 is 23.2 Å². The number of carbonyl (C=O) groups excluding carboxylic acids is 1. The van der Waals surface area contributed by atoms with Crippen LogP contribution >= 0.6 is 11.6 Å². The smallest absolute Gasteiger partial charge is 0.387 e. The van der Waals surface area contributed by atoms with Crippen LogP contribution in [0.2, 0.25) is 0 Å². The lowest BCUT2D eigenvalue weighted by Crippen LogP contribution is -2.20. The number of benzene rings is 1. The maximum absolute atomic E-state index is 13.2. The Morgan fingerprint density at radius 3 is 2.59 bits per heavy atom. The molecule has 1 aromatic rings. The average Bonchev–Trinajstić information content (AvgIpc) is 2.21. The number of hydrogen-bond donors (Lipinski definition) is 1. The third-order valence-corrected chi connectivity index (χ3v) is 1.97. The van der Waals surface area contributed by atoms with Gasteiger partial charge in [-0.2, -0.15) is 8.78 Å². The first-order valence-corrected chi connectivity index (χ1v) is 5.03. The van der Waals surface area contributed by atoms with Crippen LogP contribution in [0.25, 0.3) is 0 Å². The van der Waals surface area contributed by atoms with E-state index >= 15 is 0 Å². The number of nitrogens with one attached hydrogen (secondary N) is 1. The lowest BCUT2D eigenvalue weighted by molar-refractivity contribution is -0.115. The lowest BCUT2D eigenvalue weighted by atomic mass is 10.3. The second-order valence-electron chi connectivity index (χ2n) is 3.13. The van der Waals surface area contributed by atoms with E-state index in [-0.39, 0.29) is 5.69 Å². The number of hydrogen-bond acceptors (Lipinski definition) is 2. The first-order valence-electron chi connectivity index (χ1n) is 4.59. The van der Waals surface area contributed by atoms with Crippen LogP contribution in [0.1, 0.15) is 6.92 Å². The zero-order chi connectivity index (χ0) is 13.0. The van der Waals surface area contributed by atoms with E-state index in [2.05, 4.69) is 10.1 Å². The lowest BCUT2D eigenvalue weighted by Gasteiger charge is -2.09. The van der Waals surface area contributed by atoms with E-state index in [1.54, 1.807) is 0 Å². The van der Waals surface area contributed by atoms with Gasteiger partial charge >= 0.3 is 6.61 Å². The van der Waals surface area contributed by atoms with Gasteiger partial charge in [-0.05, 0) is 19.1 Å². The molecule has 1 atom stereocenters. The quantitative estimate of drug-likeness (QED) is 0.852. The van der Waals surface area contributed by atoms with Crippen molar-refractivity contribution in [3.05, 3.63) is 24.0 Å². The maximum Gasteiger partial charge on any atom is 0.387 e. The van der Waals surface area contributed by atoms with Crippen LogP contribution in [0.4, 0.5) is 18.9 Å². The molecule has 0 heterocycles. The van der Waals surface area contributed by atoms with E-state index in [0.29, 0.717) is 0 Å². The van der Waals surface area contributed by atoms with Crippen LogP contribution in [0.5, 0.6) is 5.75 Å². The molecule has 1 N–H and O–H groups in total. The highest BCUT2D eigenvalue weighted by atomic mass is 35.5. The van der Waals surface area contributed by atoms with E-state index in [0.717, 1.165) is 12.1 Å². The summed E-state index contributed by atoms with van der Waals surface area (Å²) in [6.45, 7) is -1.66. The Kier molecular flexibility index (Phi) is 4.62. The molecule has 1 aromatic carbocycles. The average molecular weight is 268 g/mol. The molecule has 0 saturated carbocycles. The molecule has 0 aliphatic carbocycles. The Balaban J connectivity index is 2.78. The fourth-order valence-corrected chi connectivity index (χ4v) is 1.07. The van der Waals surface area contributed by atoms with Gasteiger partial charge in [0, 0.05) is 11.8 Å². The van der Waals surface area contributed by atoms with Gasteiger partial charge in [-0.1, -0.05) is 0 Å². The highest BCUT2D eigenvalue weighted by Gasteiger charge is 2.13. The third kappa shape index (κ3) is 4.14. The molecular formula is C10H9ClF3NO2. The van der Waals surface area contributed by atoms with Crippen LogP contribution in [0.3, 0.4) is 0 Å². The largest absolute Gasteiger partial charge is 0.432 e. The number of ether oxygens (including phenoxy) is 1. The topological polar surface area (TPSA) is 38.3 Å². The van der Waals surface area contributed by atoms with E-state index in [1.807, 2.05) is 0 Å².